The number of rotatable bonds is 3. The van der Waals surface area contributed by atoms with Gasteiger partial charge in [-0.2, -0.15) is 0 Å². The lowest BCUT2D eigenvalue weighted by Gasteiger charge is -2.32. The third-order valence-electron chi connectivity index (χ3n) is 5.83. The Balaban J connectivity index is 1.38. The number of aromatic nitrogens is 5. The van der Waals surface area contributed by atoms with Crippen molar-refractivity contribution in [3.63, 3.8) is 0 Å². The van der Waals surface area contributed by atoms with Gasteiger partial charge in [0.25, 0.3) is 5.91 Å². The Morgan fingerprint density at radius 3 is 2.55 bits per heavy atom. The van der Waals surface area contributed by atoms with Gasteiger partial charge in [0.15, 0.2) is 0 Å². The lowest BCUT2D eigenvalue weighted by atomic mass is 9.88. The van der Waals surface area contributed by atoms with E-state index in [4.69, 9.17) is 4.98 Å². The van der Waals surface area contributed by atoms with Gasteiger partial charge in [0.1, 0.15) is 11.3 Å². The number of nitrogens with zero attached hydrogens (tertiary/aromatic N) is 6. The molecule has 0 spiro atoms. The second kappa shape index (κ2) is 8.18. The lowest BCUT2D eigenvalue weighted by Crippen LogP contribution is -2.38. The SMILES string of the molecule is Cc1ncc(-c2ccncc2)c(C2CCN(C(=O)c3cccc4nccnc34)CC2)n1. The van der Waals surface area contributed by atoms with Gasteiger partial charge >= 0.3 is 0 Å². The van der Waals surface area contributed by atoms with Crippen LogP contribution in [0.5, 0.6) is 0 Å². The van der Waals surface area contributed by atoms with Gasteiger partial charge in [-0.15, -0.1) is 0 Å². The smallest absolute Gasteiger partial charge is 0.256 e. The number of hydrogen-bond donors (Lipinski definition) is 0. The van der Waals surface area contributed by atoms with Crippen LogP contribution in [-0.2, 0) is 0 Å². The fraction of sp³-hybridized carbons (Fsp3) is 0.250. The zero-order chi connectivity index (χ0) is 21.2. The van der Waals surface area contributed by atoms with Crippen LogP contribution in [0.15, 0.2) is 61.3 Å². The van der Waals surface area contributed by atoms with Crippen LogP contribution in [0.1, 0.15) is 40.6 Å². The molecule has 7 nitrogen and oxygen atoms in total. The average Bonchev–Trinajstić information content (AvgIpc) is 2.84. The number of fused-ring (bicyclic) bond motifs is 1. The lowest BCUT2D eigenvalue weighted by molar-refractivity contribution is 0.0714. The highest BCUT2D eigenvalue weighted by Crippen LogP contribution is 2.34. The van der Waals surface area contributed by atoms with Crippen LogP contribution in [0.2, 0.25) is 0 Å². The summed E-state index contributed by atoms with van der Waals surface area (Å²) in [5.41, 5.74) is 5.17. The zero-order valence-corrected chi connectivity index (χ0v) is 17.3. The van der Waals surface area contributed by atoms with Crippen molar-refractivity contribution >= 4 is 16.9 Å². The number of para-hydroxylation sites is 1. The molecule has 0 radical (unpaired) electrons. The monoisotopic (exact) mass is 410 g/mol. The van der Waals surface area contributed by atoms with Crippen molar-refractivity contribution in [2.75, 3.05) is 13.1 Å². The molecule has 0 aliphatic carbocycles. The number of amides is 1. The Bertz CT molecular complexity index is 1230. The molecule has 4 aromatic rings. The number of hydrogen-bond acceptors (Lipinski definition) is 6. The Kier molecular flexibility index (Phi) is 5.08. The number of carbonyl (C=O) groups excluding carboxylic acids is 1. The van der Waals surface area contributed by atoms with Gasteiger partial charge in [0, 0.05) is 55.6 Å². The highest BCUT2D eigenvalue weighted by Gasteiger charge is 2.28. The van der Waals surface area contributed by atoms with Crippen LogP contribution in [0.4, 0.5) is 0 Å². The summed E-state index contributed by atoms with van der Waals surface area (Å²) in [6, 6.07) is 9.54. The van der Waals surface area contributed by atoms with Crippen LogP contribution >= 0.6 is 0 Å². The van der Waals surface area contributed by atoms with Crippen molar-refractivity contribution in [1.29, 1.82) is 0 Å². The molecule has 0 atom stereocenters. The minimum absolute atomic E-state index is 0.0118. The molecule has 154 valence electrons. The van der Waals surface area contributed by atoms with Crippen molar-refractivity contribution in [2.24, 2.45) is 0 Å². The molecule has 1 aromatic carbocycles. The molecule has 1 saturated heterocycles. The molecular weight excluding hydrogens is 388 g/mol. The van der Waals surface area contributed by atoms with Crippen molar-refractivity contribution in [3.8, 4) is 11.1 Å². The van der Waals surface area contributed by atoms with E-state index in [1.807, 2.05) is 48.4 Å². The Hall–Kier alpha value is -3.74. The van der Waals surface area contributed by atoms with Gasteiger partial charge in [-0.1, -0.05) is 6.07 Å². The quantitative estimate of drug-likeness (QED) is 0.511. The predicted octanol–water partition coefficient (Wildman–Crippen LogP) is 3.81. The summed E-state index contributed by atoms with van der Waals surface area (Å²) in [7, 11) is 0. The van der Waals surface area contributed by atoms with E-state index in [0.717, 1.165) is 41.0 Å². The van der Waals surface area contributed by atoms with Gasteiger partial charge in [-0.05, 0) is 49.6 Å². The molecule has 0 bridgehead atoms. The van der Waals surface area contributed by atoms with E-state index in [0.29, 0.717) is 24.2 Å². The fourth-order valence-electron chi connectivity index (χ4n) is 4.24. The van der Waals surface area contributed by atoms with Crippen molar-refractivity contribution < 1.29 is 4.79 Å². The minimum Gasteiger partial charge on any atom is -0.339 e. The van der Waals surface area contributed by atoms with Gasteiger partial charge in [0.05, 0.1) is 16.8 Å². The number of pyridine rings is 1. The number of aryl methyl sites for hydroxylation is 1. The van der Waals surface area contributed by atoms with Gasteiger partial charge in [-0.25, -0.2) is 9.97 Å². The van der Waals surface area contributed by atoms with E-state index in [-0.39, 0.29) is 11.8 Å². The highest BCUT2D eigenvalue weighted by molar-refractivity contribution is 6.04. The topological polar surface area (TPSA) is 84.8 Å². The molecular formula is C24H22N6O. The van der Waals surface area contributed by atoms with E-state index >= 15 is 0 Å². The maximum absolute atomic E-state index is 13.2. The molecule has 0 unspecified atom stereocenters. The second-order valence-electron chi connectivity index (χ2n) is 7.75. The molecule has 1 aliphatic rings. The summed E-state index contributed by atoms with van der Waals surface area (Å²) < 4.78 is 0. The van der Waals surface area contributed by atoms with Crippen molar-refractivity contribution in [1.82, 2.24) is 29.8 Å². The highest BCUT2D eigenvalue weighted by atomic mass is 16.2. The van der Waals surface area contributed by atoms with Crippen LogP contribution in [0.25, 0.3) is 22.2 Å². The van der Waals surface area contributed by atoms with E-state index in [9.17, 15) is 4.79 Å². The maximum Gasteiger partial charge on any atom is 0.256 e. The predicted molar refractivity (Wildman–Crippen MR) is 117 cm³/mol. The Morgan fingerprint density at radius 2 is 1.74 bits per heavy atom. The molecule has 5 rings (SSSR count). The molecule has 4 heterocycles. The number of benzene rings is 1. The Labute approximate surface area is 180 Å². The molecule has 1 fully saturated rings. The third-order valence-corrected chi connectivity index (χ3v) is 5.83. The maximum atomic E-state index is 13.2. The first-order valence-electron chi connectivity index (χ1n) is 10.4. The van der Waals surface area contributed by atoms with Gasteiger partial charge in [0.2, 0.25) is 0 Å². The second-order valence-corrected chi connectivity index (χ2v) is 7.75. The molecule has 31 heavy (non-hydrogen) atoms. The first-order chi connectivity index (χ1) is 15.2. The average molecular weight is 410 g/mol. The zero-order valence-electron chi connectivity index (χ0n) is 17.3. The normalized spacial score (nSPS) is 14.7. The summed E-state index contributed by atoms with van der Waals surface area (Å²) in [4.78, 5) is 37.2. The first-order valence-corrected chi connectivity index (χ1v) is 10.4. The van der Waals surface area contributed by atoms with E-state index < -0.39 is 0 Å². The molecule has 0 saturated carbocycles. The van der Waals surface area contributed by atoms with Crippen LogP contribution in [-0.4, -0.2) is 48.8 Å². The summed E-state index contributed by atoms with van der Waals surface area (Å²) in [5.74, 6) is 1.06. The summed E-state index contributed by atoms with van der Waals surface area (Å²) in [6.07, 6.45) is 10.5. The van der Waals surface area contributed by atoms with Crippen LogP contribution in [0, 0.1) is 6.92 Å². The van der Waals surface area contributed by atoms with E-state index in [2.05, 4.69) is 19.9 Å². The van der Waals surface area contributed by atoms with Crippen LogP contribution < -0.4 is 0 Å². The first kappa shape index (κ1) is 19.2. The summed E-state index contributed by atoms with van der Waals surface area (Å²) >= 11 is 0. The van der Waals surface area contributed by atoms with E-state index in [1.165, 1.54) is 0 Å². The molecule has 7 heteroatoms. The molecule has 1 aliphatic heterocycles. The van der Waals surface area contributed by atoms with Gasteiger partial charge in [-0.3, -0.25) is 19.7 Å². The number of carbonyl (C=O) groups is 1. The summed E-state index contributed by atoms with van der Waals surface area (Å²) in [5, 5.41) is 0. The molecule has 0 N–H and O–H groups in total. The largest absolute Gasteiger partial charge is 0.339 e. The number of piperidine rings is 1. The summed E-state index contributed by atoms with van der Waals surface area (Å²) in [6.45, 7) is 3.28. The fourth-order valence-corrected chi connectivity index (χ4v) is 4.24. The third kappa shape index (κ3) is 3.74. The number of likely N-dealkylation sites (tertiary alicyclic amines) is 1. The standard InChI is InChI=1S/C24H22N6O/c1-16-28-15-20(17-5-9-25-10-6-17)22(29-16)18-7-13-30(14-8-18)24(31)19-3-2-4-21-23(19)27-12-11-26-21/h2-6,9-12,15,18H,7-8,13-14H2,1H3. The van der Waals surface area contributed by atoms with E-state index in [1.54, 1.807) is 24.8 Å². The molecule has 1 amide bonds. The van der Waals surface area contributed by atoms with Gasteiger partial charge < -0.3 is 4.90 Å². The van der Waals surface area contributed by atoms with Crippen molar-refractivity contribution in [2.45, 2.75) is 25.7 Å². The van der Waals surface area contributed by atoms with Crippen molar-refractivity contribution in [3.05, 3.63) is 78.4 Å². The molecule has 3 aromatic heterocycles. The minimum atomic E-state index is 0.0118. The van der Waals surface area contributed by atoms with Crippen LogP contribution in [0.3, 0.4) is 0 Å². The Morgan fingerprint density at radius 1 is 0.968 bits per heavy atom.